The van der Waals surface area contributed by atoms with Crippen molar-refractivity contribution in [2.75, 3.05) is 19.1 Å². The van der Waals surface area contributed by atoms with Crippen LogP contribution in [-0.4, -0.2) is 33.3 Å². The highest BCUT2D eigenvalue weighted by atomic mass is 32.2. The number of nitrogens with one attached hydrogen (secondary N) is 1. The molecular formula is C17H20N4O6S. The van der Waals surface area contributed by atoms with Gasteiger partial charge in [0, 0.05) is 6.07 Å². The molecule has 0 unspecified atom stereocenters. The van der Waals surface area contributed by atoms with E-state index in [1.165, 1.54) is 19.4 Å². The van der Waals surface area contributed by atoms with E-state index in [4.69, 9.17) is 14.6 Å². The van der Waals surface area contributed by atoms with Crippen LogP contribution in [0, 0.1) is 10.1 Å². The number of methoxy groups -OCH3 is 1. The maximum absolute atomic E-state index is 11.4. The molecule has 0 amide bonds. The zero-order chi connectivity index (χ0) is 20.7. The molecule has 0 bridgehead atoms. The number of hydrazone groups is 1. The van der Waals surface area contributed by atoms with E-state index < -0.39 is 20.6 Å². The molecule has 28 heavy (non-hydrogen) atoms. The van der Waals surface area contributed by atoms with Gasteiger partial charge < -0.3 is 9.47 Å². The first-order chi connectivity index (χ1) is 13.3. The van der Waals surface area contributed by atoms with Gasteiger partial charge in [0.2, 0.25) is 10.0 Å². The summed E-state index contributed by atoms with van der Waals surface area (Å²) in [5.41, 5.74) is 2.74. The molecule has 0 saturated carbocycles. The van der Waals surface area contributed by atoms with Crippen molar-refractivity contribution in [3.05, 3.63) is 52.1 Å². The SMILES string of the molecule is CCCOc1ccc(/C=N/Nc2ccc(S(N)(=O)=O)cc2[N+](=O)[O-])cc1OC. The Kier molecular flexibility index (Phi) is 6.90. The van der Waals surface area contributed by atoms with Crippen LogP contribution in [0.15, 0.2) is 46.4 Å². The summed E-state index contributed by atoms with van der Waals surface area (Å²) < 4.78 is 33.6. The third-order valence-corrected chi connectivity index (χ3v) is 4.45. The molecule has 0 fully saturated rings. The predicted octanol–water partition coefficient (Wildman–Crippen LogP) is 2.49. The minimum absolute atomic E-state index is 0.0171. The van der Waals surface area contributed by atoms with E-state index in [1.54, 1.807) is 18.2 Å². The van der Waals surface area contributed by atoms with Crippen molar-refractivity contribution in [2.24, 2.45) is 10.2 Å². The average molecular weight is 408 g/mol. The van der Waals surface area contributed by atoms with Gasteiger partial charge in [-0.1, -0.05) is 6.92 Å². The topological polar surface area (TPSA) is 146 Å². The zero-order valence-electron chi connectivity index (χ0n) is 15.3. The highest BCUT2D eigenvalue weighted by molar-refractivity contribution is 7.89. The molecule has 0 heterocycles. The fourth-order valence-corrected chi connectivity index (χ4v) is 2.74. The highest BCUT2D eigenvalue weighted by Crippen LogP contribution is 2.29. The monoisotopic (exact) mass is 408 g/mol. The van der Waals surface area contributed by atoms with Crippen molar-refractivity contribution in [3.8, 4) is 11.5 Å². The van der Waals surface area contributed by atoms with E-state index in [-0.39, 0.29) is 10.6 Å². The third-order valence-electron chi connectivity index (χ3n) is 3.54. The van der Waals surface area contributed by atoms with Gasteiger partial charge in [0.25, 0.3) is 5.69 Å². The van der Waals surface area contributed by atoms with Gasteiger partial charge in [-0.2, -0.15) is 5.10 Å². The number of benzene rings is 2. The molecule has 2 aromatic rings. The summed E-state index contributed by atoms with van der Waals surface area (Å²) in [7, 11) is -2.54. The minimum atomic E-state index is -4.05. The molecule has 0 saturated heterocycles. The fourth-order valence-electron chi connectivity index (χ4n) is 2.21. The molecule has 0 aliphatic rings. The number of nitro groups is 1. The van der Waals surface area contributed by atoms with Gasteiger partial charge in [-0.3, -0.25) is 15.5 Å². The first-order valence-corrected chi connectivity index (χ1v) is 9.72. The van der Waals surface area contributed by atoms with E-state index in [1.807, 2.05) is 6.92 Å². The molecule has 0 atom stereocenters. The molecule has 2 aromatic carbocycles. The van der Waals surface area contributed by atoms with Gasteiger partial charge in [-0.25, -0.2) is 13.6 Å². The maximum Gasteiger partial charge on any atom is 0.295 e. The Bertz CT molecular complexity index is 991. The summed E-state index contributed by atoms with van der Waals surface area (Å²) in [4.78, 5) is 10.1. The number of anilines is 1. The lowest BCUT2D eigenvalue weighted by Crippen LogP contribution is -2.12. The van der Waals surface area contributed by atoms with Crippen LogP contribution < -0.4 is 20.0 Å². The van der Waals surface area contributed by atoms with Gasteiger partial charge in [-0.15, -0.1) is 0 Å². The third kappa shape index (κ3) is 5.41. The molecule has 0 radical (unpaired) electrons. The molecule has 0 aromatic heterocycles. The lowest BCUT2D eigenvalue weighted by Gasteiger charge is -2.10. The summed E-state index contributed by atoms with van der Waals surface area (Å²) in [6.45, 7) is 2.55. The lowest BCUT2D eigenvalue weighted by atomic mass is 10.2. The second kappa shape index (κ2) is 9.15. The first kappa shape index (κ1) is 21.1. The predicted molar refractivity (Wildman–Crippen MR) is 104 cm³/mol. The Morgan fingerprint density at radius 3 is 2.61 bits per heavy atom. The number of rotatable bonds is 9. The van der Waals surface area contributed by atoms with Crippen LogP contribution in [0.25, 0.3) is 0 Å². The van der Waals surface area contributed by atoms with Crippen LogP contribution >= 0.6 is 0 Å². The molecule has 10 nitrogen and oxygen atoms in total. The Labute approximate surface area is 162 Å². The van der Waals surface area contributed by atoms with Crippen LogP contribution in [0.5, 0.6) is 11.5 Å². The maximum atomic E-state index is 11.4. The number of ether oxygens (including phenoxy) is 2. The van der Waals surface area contributed by atoms with Gasteiger partial charge >= 0.3 is 0 Å². The molecule has 150 valence electrons. The number of hydrogen-bond acceptors (Lipinski definition) is 8. The summed E-state index contributed by atoms with van der Waals surface area (Å²) >= 11 is 0. The molecule has 0 aliphatic heterocycles. The van der Waals surface area contributed by atoms with Crippen molar-refractivity contribution in [1.29, 1.82) is 0 Å². The Balaban J connectivity index is 2.21. The van der Waals surface area contributed by atoms with Gasteiger partial charge in [-0.05, 0) is 42.3 Å². The number of hydrogen-bond donors (Lipinski definition) is 2. The summed E-state index contributed by atoms with van der Waals surface area (Å²) in [6, 6.07) is 8.43. The van der Waals surface area contributed by atoms with Crippen LogP contribution in [-0.2, 0) is 10.0 Å². The van der Waals surface area contributed by atoms with Gasteiger partial charge in [0.1, 0.15) is 5.69 Å². The van der Waals surface area contributed by atoms with E-state index >= 15 is 0 Å². The number of nitrogens with two attached hydrogens (primary N) is 1. The molecule has 0 spiro atoms. The standard InChI is InChI=1S/C17H20N4O6S/c1-3-8-27-16-7-4-12(9-17(16)26-2)11-19-20-14-6-5-13(28(18,24)25)10-15(14)21(22)23/h4-7,9-11,20H,3,8H2,1-2H3,(H2,18,24,25)/b19-11+. The van der Waals surface area contributed by atoms with Gasteiger partial charge in [0.05, 0.1) is 29.8 Å². The molecular weight excluding hydrogens is 388 g/mol. The number of sulfonamides is 1. The van der Waals surface area contributed by atoms with Gasteiger partial charge in [0.15, 0.2) is 11.5 Å². The minimum Gasteiger partial charge on any atom is -0.493 e. The largest absolute Gasteiger partial charge is 0.493 e. The van der Waals surface area contributed by atoms with Crippen LogP contribution in [0.4, 0.5) is 11.4 Å². The Hall–Kier alpha value is -3.18. The van der Waals surface area contributed by atoms with Crippen LogP contribution in [0.1, 0.15) is 18.9 Å². The second-order valence-electron chi connectivity index (χ2n) is 5.61. The second-order valence-corrected chi connectivity index (χ2v) is 7.17. The number of primary sulfonamides is 1. The zero-order valence-corrected chi connectivity index (χ0v) is 16.1. The quantitative estimate of drug-likeness (QED) is 0.368. The van der Waals surface area contributed by atoms with Crippen molar-refractivity contribution >= 4 is 27.6 Å². The van der Waals surface area contributed by atoms with Crippen LogP contribution in [0.3, 0.4) is 0 Å². The Morgan fingerprint density at radius 2 is 2.00 bits per heavy atom. The molecule has 11 heteroatoms. The van der Waals surface area contributed by atoms with E-state index in [0.29, 0.717) is 23.7 Å². The normalized spacial score (nSPS) is 11.4. The average Bonchev–Trinajstić information content (AvgIpc) is 2.65. The highest BCUT2D eigenvalue weighted by Gasteiger charge is 2.18. The molecule has 2 rings (SSSR count). The number of nitrogens with zero attached hydrogens (tertiary/aromatic N) is 2. The van der Waals surface area contributed by atoms with E-state index in [0.717, 1.165) is 18.6 Å². The first-order valence-electron chi connectivity index (χ1n) is 8.17. The fraction of sp³-hybridized carbons (Fsp3) is 0.235. The van der Waals surface area contributed by atoms with Crippen molar-refractivity contribution in [1.82, 2.24) is 0 Å². The van der Waals surface area contributed by atoms with Crippen molar-refractivity contribution in [3.63, 3.8) is 0 Å². The molecule has 0 aliphatic carbocycles. The molecule has 3 N–H and O–H groups in total. The summed E-state index contributed by atoms with van der Waals surface area (Å²) in [5.74, 6) is 1.13. The van der Waals surface area contributed by atoms with Crippen LogP contribution in [0.2, 0.25) is 0 Å². The Morgan fingerprint density at radius 1 is 1.25 bits per heavy atom. The van der Waals surface area contributed by atoms with E-state index in [9.17, 15) is 18.5 Å². The summed E-state index contributed by atoms with van der Waals surface area (Å²) in [6.07, 6.45) is 2.29. The van der Waals surface area contributed by atoms with Crippen molar-refractivity contribution in [2.45, 2.75) is 18.2 Å². The van der Waals surface area contributed by atoms with E-state index in [2.05, 4.69) is 10.5 Å². The lowest BCUT2D eigenvalue weighted by molar-refractivity contribution is -0.384. The number of nitro benzene ring substituents is 1. The smallest absolute Gasteiger partial charge is 0.295 e. The van der Waals surface area contributed by atoms with Crippen molar-refractivity contribution < 1.29 is 22.8 Å². The summed E-state index contributed by atoms with van der Waals surface area (Å²) in [5, 5.41) is 20.1.